The Balaban J connectivity index is 2.61. The molecule has 1 fully saturated rings. The van der Waals surface area contributed by atoms with Crippen molar-refractivity contribution in [2.75, 3.05) is 6.54 Å². The molecule has 1 aliphatic heterocycles. The standard InChI is InChI=1S/C6H10N4O2/c1-4-2-5(8-9-7)3-10(4)6(11)12/h4-5H,2-3H2,1H3,(H,11,12)/t4-,5+/m0/s1. The smallest absolute Gasteiger partial charge is 0.407 e. The summed E-state index contributed by atoms with van der Waals surface area (Å²) in [4.78, 5) is 14.5. The summed E-state index contributed by atoms with van der Waals surface area (Å²) >= 11 is 0. The summed E-state index contributed by atoms with van der Waals surface area (Å²) in [7, 11) is 0. The molecule has 1 saturated heterocycles. The van der Waals surface area contributed by atoms with Crippen LogP contribution in [0.5, 0.6) is 0 Å². The minimum Gasteiger partial charge on any atom is -0.465 e. The van der Waals surface area contributed by atoms with Gasteiger partial charge in [-0.1, -0.05) is 5.11 Å². The predicted molar refractivity (Wildman–Crippen MR) is 41.7 cm³/mol. The highest BCUT2D eigenvalue weighted by atomic mass is 16.4. The maximum atomic E-state index is 10.6. The number of amides is 1. The molecular formula is C6H10N4O2. The second-order valence-electron chi connectivity index (χ2n) is 2.88. The average Bonchev–Trinajstić information content (AvgIpc) is 2.32. The van der Waals surface area contributed by atoms with Crippen LogP contribution < -0.4 is 0 Å². The maximum Gasteiger partial charge on any atom is 0.407 e. The number of hydrogen-bond donors (Lipinski definition) is 1. The molecule has 0 aliphatic carbocycles. The lowest BCUT2D eigenvalue weighted by Gasteiger charge is -2.16. The second-order valence-corrected chi connectivity index (χ2v) is 2.88. The van der Waals surface area contributed by atoms with Gasteiger partial charge in [-0.25, -0.2) is 4.79 Å². The van der Waals surface area contributed by atoms with Crippen LogP contribution in [0.15, 0.2) is 5.11 Å². The number of carboxylic acid groups (broad SMARTS) is 1. The topological polar surface area (TPSA) is 89.3 Å². The van der Waals surface area contributed by atoms with Gasteiger partial charge < -0.3 is 10.0 Å². The van der Waals surface area contributed by atoms with Gasteiger partial charge in [-0.3, -0.25) is 0 Å². The molecule has 0 aromatic carbocycles. The fourth-order valence-electron chi connectivity index (χ4n) is 1.43. The Labute approximate surface area is 69.4 Å². The highest BCUT2D eigenvalue weighted by Gasteiger charge is 2.31. The van der Waals surface area contributed by atoms with E-state index < -0.39 is 6.09 Å². The summed E-state index contributed by atoms with van der Waals surface area (Å²) in [5.41, 5.74) is 8.13. The summed E-state index contributed by atoms with van der Waals surface area (Å²) < 4.78 is 0. The van der Waals surface area contributed by atoms with Gasteiger partial charge in [0.15, 0.2) is 0 Å². The normalized spacial score (nSPS) is 28.2. The molecule has 2 atom stereocenters. The van der Waals surface area contributed by atoms with Gasteiger partial charge in [-0.05, 0) is 18.9 Å². The Kier molecular flexibility index (Phi) is 2.40. The van der Waals surface area contributed by atoms with Crippen LogP contribution in [-0.4, -0.2) is 34.7 Å². The van der Waals surface area contributed by atoms with Gasteiger partial charge in [0, 0.05) is 17.5 Å². The molecule has 1 heterocycles. The zero-order valence-corrected chi connectivity index (χ0v) is 6.71. The Bertz CT molecular complexity index is 236. The van der Waals surface area contributed by atoms with E-state index in [1.54, 1.807) is 6.92 Å². The van der Waals surface area contributed by atoms with Crippen molar-refractivity contribution < 1.29 is 9.90 Å². The van der Waals surface area contributed by atoms with Crippen molar-refractivity contribution in [2.45, 2.75) is 25.4 Å². The van der Waals surface area contributed by atoms with E-state index in [2.05, 4.69) is 10.0 Å². The molecular weight excluding hydrogens is 160 g/mol. The van der Waals surface area contributed by atoms with Gasteiger partial charge in [0.25, 0.3) is 0 Å². The van der Waals surface area contributed by atoms with E-state index in [-0.39, 0.29) is 12.1 Å². The van der Waals surface area contributed by atoms with Gasteiger partial charge >= 0.3 is 6.09 Å². The van der Waals surface area contributed by atoms with E-state index in [4.69, 9.17) is 10.6 Å². The lowest BCUT2D eigenvalue weighted by Crippen LogP contribution is -2.32. The van der Waals surface area contributed by atoms with Crippen molar-refractivity contribution in [3.63, 3.8) is 0 Å². The number of carbonyl (C=O) groups is 1. The van der Waals surface area contributed by atoms with Gasteiger partial charge in [0.05, 0.1) is 6.04 Å². The van der Waals surface area contributed by atoms with Crippen LogP contribution in [0.2, 0.25) is 0 Å². The zero-order chi connectivity index (χ0) is 9.14. The highest BCUT2D eigenvalue weighted by molar-refractivity contribution is 5.65. The van der Waals surface area contributed by atoms with Crippen molar-refractivity contribution in [2.24, 2.45) is 5.11 Å². The number of likely N-dealkylation sites (tertiary alicyclic amines) is 1. The van der Waals surface area contributed by atoms with Crippen molar-refractivity contribution in [1.29, 1.82) is 0 Å². The van der Waals surface area contributed by atoms with E-state index in [0.717, 1.165) is 0 Å². The molecule has 6 heteroatoms. The number of nitrogens with zero attached hydrogens (tertiary/aromatic N) is 4. The minimum absolute atomic E-state index is 0.0435. The molecule has 12 heavy (non-hydrogen) atoms. The molecule has 1 aliphatic rings. The van der Waals surface area contributed by atoms with Crippen LogP contribution in [-0.2, 0) is 0 Å². The quantitative estimate of drug-likeness (QED) is 0.366. The first-order valence-corrected chi connectivity index (χ1v) is 3.69. The van der Waals surface area contributed by atoms with Gasteiger partial charge in [-0.15, -0.1) is 0 Å². The number of hydrogen-bond acceptors (Lipinski definition) is 2. The third kappa shape index (κ3) is 1.60. The lowest BCUT2D eigenvalue weighted by atomic mass is 10.2. The van der Waals surface area contributed by atoms with Crippen molar-refractivity contribution in [3.05, 3.63) is 10.4 Å². The molecule has 1 rings (SSSR count). The van der Waals surface area contributed by atoms with E-state index in [0.29, 0.717) is 13.0 Å². The lowest BCUT2D eigenvalue weighted by molar-refractivity contribution is 0.143. The molecule has 0 aromatic heterocycles. The number of azide groups is 1. The molecule has 66 valence electrons. The van der Waals surface area contributed by atoms with Gasteiger partial charge in [-0.2, -0.15) is 0 Å². The fourth-order valence-corrected chi connectivity index (χ4v) is 1.43. The molecule has 0 aromatic rings. The second kappa shape index (κ2) is 3.32. The van der Waals surface area contributed by atoms with Crippen LogP contribution in [0.1, 0.15) is 13.3 Å². The molecule has 0 unspecified atom stereocenters. The summed E-state index contributed by atoms with van der Waals surface area (Å²) in [6, 6.07) is -0.237. The Morgan fingerprint density at radius 2 is 2.50 bits per heavy atom. The van der Waals surface area contributed by atoms with Crippen molar-refractivity contribution in [3.8, 4) is 0 Å². The highest BCUT2D eigenvalue weighted by Crippen LogP contribution is 2.19. The van der Waals surface area contributed by atoms with E-state index in [1.807, 2.05) is 0 Å². The summed E-state index contributed by atoms with van der Waals surface area (Å²) in [6.45, 7) is 2.13. The third-order valence-electron chi connectivity index (χ3n) is 2.01. The third-order valence-corrected chi connectivity index (χ3v) is 2.01. The zero-order valence-electron chi connectivity index (χ0n) is 6.71. The van der Waals surface area contributed by atoms with E-state index in [9.17, 15) is 4.79 Å². The van der Waals surface area contributed by atoms with Gasteiger partial charge in [0.2, 0.25) is 0 Å². The first-order chi connectivity index (χ1) is 5.65. The number of rotatable bonds is 1. The first kappa shape index (κ1) is 8.67. The Morgan fingerprint density at radius 3 is 2.92 bits per heavy atom. The van der Waals surface area contributed by atoms with Crippen LogP contribution in [0, 0.1) is 0 Å². The van der Waals surface area contributed by atoms with Crippen LogP contribution in [0.4, 0.5) is 4.79 Å². The van der Waals surface area contributed by atoms with Crippen LogP contribution in [0.3, 0.4) is 0 Å². The van der Waals surface area contributed by atoms with Crippen LogP contribution >= 0.6 is 0 Å². The fraction of sp³-hybridized carbons (Fsp3) is 0.833. The summed E-state index contributed by atoms with van der Waals surface area (Å²) in [5, 5.41) is 12.1. The monoisotopic (exact) mass is 170 g/mol. The van der Waals surface area contributed by atoms with Crippen LogP contribution in [0.25, 0.3) is 10.4 Å². The van der Waals surface area contributed by atoms with Crippen molar-refractivity contribution >= 4 is 6.09 Å². The SMILES string of the molecule is C[C@H]1C[C@@H](N=[N+]=[N-])CN1C(=O)O. The minimum atomic E-state index is -0.946. The summed E-state index contributed by atoms with van der Waals surface area (Å²) in [5.74, 6) is 0. The van der Waals surface area contributed by atoms with E-state index >= 15 is 0 Å². The molecule has 1 N–H and O–H groups in total. The molecule has 0 spiro atoms. The predicted octanol–water partition coefficient (Wildman–Crippen LogP) is 1.44. The molecule has 0 radical (unpaired) electrons. The average molecular weight is 170 g/mol. The Morgan fingerprint density at radius 1 is 1.83 bits per heavy atom. The van der Waals surface area contributed by atoms with E-state index in [1.165, 1.54) is 4.90 Å². The summed E-state index contributed by atoms with van der Waals surface area (Å²) in [6.07, 6.45) is -0.325. The van der Waals surface area contributed by atoms with Gasteiger partial charge in [0.1, 0.15) is 0 Å². The molecule has 6 nitrogen and oxygen atoms in total. The molecule has 0 bridgehead atoms. The molecule has 1 amide bonds. The maximum absolute atomic E-state index is 10.6. The largest absolute Gasteiger partial charge is 0.465 e. The first-order valence-electron chi connectivity index (χ1n) is 3.69. The van der Waals surface area contributed by atoms with Crippen molar-refractivity contribution in [1.82, 2.24) is 4.90 Å². The molecule has 0 saturated carbocycles. The Hall–Kier alpha value is -1.42.